The van der Waals surface area contributed by atoms with Crippen LogP contribution in [0, 0.1) is 0 Å². The van der Waals surface area contributed by atoms with Gasteiger partial charge in [0.1, 0.15) is 5.84 Å². The summed E-state index contributed by atoms with van der Waals surface area (Å²) in [5, 5.41) is 2.82. The number of nitrogens with zero attached hydrogens (tertiary/aromatic N) is 1. The summed E-state index contributed by atoms with van der Waals surface area (Å²) in [6, 6.07) is 0. The summed E-state index contributed by atoms with van der Waals surface area (Å²) in [6.07, 6.45) is 1.58. The van der Waals surface area contributed by atoms with Gasteiger partial charge in [-0.05, 0) is 6.20 Å². The molecule has 0 amide bonds. The van der Waals surface area contributed by atoms with Crippen molar-refractivity contribution >= 4 is 18.5 Å². The van der Waals surface area contributed by atoms with Gasteiger partial charge in [-0.3, -0.25) is 4.99 Å². The van der Waals surface area contributed by atoms with E-state index in [4.69, 9.17) is 0 Å². The Kier molecular flexibility index (Phi) is 4.45. The molecule has 0 unspecified atom stereocenters. The highest BCUT2D eigenvalue weighted by atomic mass is 32.1. The maximum atomic E-state index is 3.99. The molecule has 0 aromatic heterocycles. The molecule has 0 aliphatic heterocycles. The van der Waals surface area contributed by atoms with Crippen molar-refractivity contribution in [3.8, 4) is 0 Å². The number of hydrogen-bond donors (Lipinski definition) is 2. The predicted molar refractivity (Wildman–Crippen MR) is 40.5 cm³/mol. The number of thiol groups is 1. The van der Waals surface area contributed by atoms with Gasteiger partial charge in [0.2, 0.25) is 0 Å². The van der Waals surface area contributed by atoms with Crippen LogP contribution in [-0.2, 0) is 0 Å². The van der Waals surface area contributed by atoms with Crippen LogP contribution in [0.25, 0.3) is 0 Å². The average Bonchev–Trinajstić information content (AvgIpc) is 1.83. The van der Waals surface area contributed by atoms with Crippen molar-refractivity contribution in [3.05, 3.63) is 12.8 Å². The van der Waals surface area contributed by atoms with Gasteiger partial charge in [0.05, 0.1) is 0 Å². The lowest BCUT2D eigenvalue weighted by Crippen LogP contribution is -2.17. The second-order valence-corrected chi connectivity index (χ2v) is 1.49. The van der Waals surface area contributed by atoms with E-state index in [0.29, 0.717) is 5.75 Å². The Labute approximate surface area is 55.1 Å². The zero-order valence-electron chi connectivity index (χ0n) is 4.89. The molecule has 0 aromatic rings. The van der Waals surface area contributed by atoms with Gasteiger partial charge in [0, 0.05) is 12.8 Å². The Morgan fingerprint density at radius 2 is 2.62 bits per heavy atom. The van der Waals surface area contributed by atoms with Crippen LogP contribution in [0.1, 0.15) is 0 Å². The molecule has 1 N–H and O–H groups in total. The fraction of sp³-hybridized carbons (Fsp3) is 0.400. The molecule has 0 aliphatic rings. The van der Waals surface area contributed by atoms with Gasteiger partial charge in [0.15, 0.2) is 0 Å². The third kappa shape index (κ3) is 2.69. The van der Waals surface area contributed by atoms with Crippen LogP contribution in [0.15, 0.2) is 17.8 Å². The van der Waals surface area contributed by atoms with Crippen LogP contribution in [0.3, 0.4) is 0 Å². The molecule has 0 spiro atoms. The van der Waals surface area contributed by atoms with Crippen LogP contribution in [0.2, 0.25) is 0 Å². The summed E-state index contributed by atoms with van der Waals surface area (Å²) in [4.78, 5) is 3.85. The molecule has 0 aliphatic carbocycles. The number of amidine groups is 1. The van der Waals surface area contributed by atoms with E-state index in [2.05, 4.69) is 29.5 Å². The van der Waals surface area contributed by atoms with Gasteiger partial charge in [-0.2, -0.15) is 12.6 Å². The van der Waals surface area contributed by atoms with Crippen molar-refractivity contribution in [1.82, 2.24) is 5.32 Å². The fourth-order valence-corrected chi connectivity index (χ4v) is 0.531. The van der Waals surface area contributed by atoms with E-state index in [9.17, 15) is 0 Å². The second kappa shape index (κ2) is 4.71. The first-order valence-electron chi connectivity index (χ1n) is 2.29. The van der Waals surface area contributed by atoms with Gasteiger partial charge < -0.3 is 5.32 Å². The Balaban J connectivity index is 3.53. The minimum Gasteiger partial charge on any atom is -0.350 e. The van der Waals surface area contributed by atoms with E-state index < -0.39 is 0 Å². The third-order valence-corrected chi connectivity index (χ3v) is 0.988. The highest BCUT2D eigenvalue weighted by Crippen LogP contribution is 1.75. The van der Waals surface area contributed by atoms with Gasteiger partial charge in [-0.25, -0.2) is 0 Å². The van der Waals surface area contributed by atoms with Gasteiger partial charge >= 0.3 is 0 Å². The summed E-state index contributed by atoms with van der Waals surface area (Å²) < 4.78 is 0. The maximum Gasteiger partial charge on any atom is 0.110 e. The lowest BCUT2D eigenvalue weighted by molar-refractivity contribution is 1.22. The van der Waals surface area contributed by atoms with E-state index in [0.717, 1.165) is 5.84 Å². The summed E-state index contributed by atoms with van der Waals surface area (Å²) in [5.41, 5.74) is 0. The van der Waals surface area contributed by atoms with Gasteiger partial charge in [0.25, 0.3) is 0 Å². The van der Waals surface area contributed by atoms with E-state index in [1.54, 1.807) is 13.2 Å². The van der Waals surface area contributed by atoms with Gasteiger partial charge in [-0.15, -0.1) is 0 Å². The zero-order chi connectivity index (χ0) is 6.41. The number of aliphatic imine (C=N–C) groups is 1. The number of rotatable bonds is 2. The van der Waals surface area contributed by atoms with E-state index in [-0.39, 0.29) is 0 Å². The molecular formula is C5H10N2S. The van der Waals surface area contributed by atoms with E-state index in [1.807, 2.05) is 0 Å². The van der Waals surface area contributed by atoms with Crippen LogP contribution >= 0.6 is 12.6 Å². The molecule has 0 heterocycles. The van der Waals surface area contributed by atoms with Crippen LogP contribution in [-0.4, -0.2) is 18.6 Å². The van der Waals surface area contributed by atoms with Crippen LogP contribution in [0.4, 0.5) is 0 Å². The Morgan fingerprint density at radius 1 is 2.00 bits per heavy atom. The van der Waals surface area contributed by atoms with Crippen molar-refractivity contribution in [1.29, 1.82) is 0 Å². The molecule has 3 heteroatoms. The van der Waals surface area contributed by atoms with Gasteiger partial charge in [-0.1, -0.05) is 6.58 Å². The van der Waals surface area contributed by atoms with Crippen molar-refractivity contribution in [2.45, 2.75) is 0 Å². The second-order valence-electron chi connectivity index (χ2n) is 1.18. The largest absolute Gasteiger partial charge is 0.350 e. The molecule has 0 fully saturated rings. The Hall–Kier alpha value is -0.440. The first-order chi connectivity index (χ1) is 3.85. The molecule has 8 heavy (non-hydrogen) atoms. The minimum atomic E-state index is 0.628. The lowest BCUT2D eigenvalue weighted by Gasteiger charge is -1.97. The molecule has 0 rings (SSSR count). The van der Waals surface area contributed by atoms with Crippen molar-refractivity contribution < 1.29 is 0 Å². The molecule has 0 saturated heterocycles. The monoisotopic (exact) mass is 130 g/mol. The topological polar surface area (TPSA) is 24.4 Å². The summed E-state index contributed by atoms with van der Waals surface area (Å²) in [5.74, 6) is 1.46. The predicted octanol–water partition coefficient (Wildman–Crippen LogP) is 0.678. The molecule has 0 saturated carbocycles. The number of hydrogen-bond acceptors (Lipinski definition) is 2. The summed E-state index contributed by atoms with van der Waals surface area (Å²) in [7, 11) is 1.71. The molecular weight excluding hydrogens is 120 g/mol. The minimum absolute atomic E-state index is 0.628. The average molecular weight is 130 g/mol. The molecule has 0 bridgehead atoms. The normalized spacial score (nSPS) is 11.0. The highest BCUT2D eigenvalue weighted by Gasteiger charge is 1.84. The first kappa shape index (κ1) is 7.56. The van der Waals surface area contributed by atoms with E-state index in [1.165, 1.54) is 0 Å². The smallest absolute Gasteiger partial charge is 0.110 e. The molecule has 0 atom stereocenters. The third-order valence-electron chi connectivity index (χ3n) is 0.688. The molecule has 0 radical (unpaired) electrons. The SMILES string of the molecule is C=CNC(CS)=NC. The summed E-state index contributed by atoms with van der Waals surface area (Å²) >= 11 is 3.99. The van der Waals surface area contributed by atoms with Crippen molar-refractivity contribution in [2.75, 3.05) is 12.8 Å². The lowest BCUT2D eigenvalue weighted by atomic mass is 10.6. The molecule has 2 nitrogen and oxygen atoms in total. The highest BCUT2D eigenvalue weighted by molar-refractivity contribution is 7.81. The first-order valence-corrected chi connectivity index (χ1v) is 2.92. The Bertz CT molecular complexity index is 98.6. The fourth-order valence-electron chi connectivity index (χ4n) is 0.299. The van der Waals surface area contributed by atoms with E-state index >= 15 is 0 Å². The van der Waals surface area contributed by atoms with Crippen LogP contribution < -0.4 is 5.32 Å². The van der Waals surface area contributed by atoms with Crippen molar-refractivity contribution in [2.24, 2.45) is 4.99 Å². The Morgan fingerprint density at radius 3 is 2.75 bits per heavy atom. The molecule has 0 aromatic carbocycles. The standard InChI is InChI=1S/C5H10N2S/c1-3-7-5(4-8)6-2/h3,8H,1,4H2,2H3,(H,6,7). The summed E-state index contributed by atoms with van der Waals surface area (Å²) in [6.45, 7) is 3.47. The zero-order valence-corrected chi connectivity index (χ0v) is 5.78. The number of nitrogens with one attached hydrogen (secondary N) is 1. The quantitative estimate of drug-likeness (QED) is 0.320. The molecule has 46 valence electrons. The maximum absolute atomic E-state index is 3.99. The van der Waals surface area contributed by atoms with Crippen LogP contribution in [0.5, 0.6) is 0 Å². The van der Waals surface area contributed by atoms with Crippen molar-refractivity contribution in [3.63, 3.8) is 0 Å².